The number of rotatable bonds is 7. The normalized spacial score (nSPS) is 11.9. The lowest BCUT2D eigenvalue weighted by Crippen LogP contribution is -2.33. The molecule has 80 valence electrons. The molecule has 0 saturated carbocycles. The molecule has 0 aliphatic carbocycles. The molecule has 6 nitrogen and oxygen atoms in total. The van der Waals surface area contributed by atoms with E-state index in [0.717, 1.165) is 0 Å². The third kappa shape index (κ3) is 4.01. The lowest BCUT2D eigenvalue weighted by molar-refractivity contribution is -0.195. The molecular formula is C8H13NO5. The first-order chi connectivity index (χ1) is 6.52. The Balaban J connectivity index is 3.98. The summed E-state index contributed by atoms with van der Waals surface area (Å²) in [5, 5.41) is 8.48. The van der Waals surface area contributed by atoms with E-state index in [1.807, 2.05) is 0 Å². The van der Waals surface area contributed by atoms with Crippen molar-refractivity contribution in [2.24, 2.45) is 0 Å². The number of allylic oxidation sites excluding steroid dienone is 1. The molecule has 0 aliphatic heterocycles. The van der Waals surface area contributed by atoms with Gasteiger partial charge in [-0.25, -0.2) is 9.63 Å². The van der Waals surface area contributed by atoms with E-state index in [0.29, 0.717) is 0 Å². The van der Waals surface area contributed by atoms with Crippen molar-refractivity contribution in [3.8, 4) is 0 Å². The Hall–Kier alpha value is -1.40. The highest BCUT2D eigenvalue weighted by Crippen LogP contribution is 1.96. The number of Topliss-reactive ketones (excluding diaryl/α,β-unsaturated/α-hetero) is 1. The molecule has 0 bridgehead atoms. The number of ketones is 1. The highest BCUT2D eigenvalue weighted by atomic mass is 16.8. The van der Waals surface area contributed by atoms with Crippen LogP contribution in [0.4, 0.5) is 0 Å². The van der Waals surface area contributed by atoms with Crippen LogP contribution in [-0.2, 0) is 19.2 Å². The maximum atomic E-state index is 11.0. The van der Waals surface area contributed by atoms with Crippen LogP contribution >= 0.6 is 0 Å². The van der Waals surface area contributed by atoms with E-state index in [1.165, 1.54) is 7.11 Å². The number of aliphatic carboxylic acids is 1. The second kappa shape index (κ2) is 6.11. The molecule has 0 spiro atoms. The smallest absolute Gasteiger partial charge is 0.363 e. The van der Waals surface area contributed by atoms with Gasteiger partial charge in [0.2, 0.25) is 0 Å². The Morgan fingerprint density at radius 3 is 2.50 bits per heavy atom. The molecule has 0 fully saturated rings. The second-order valence-electron chi connectivity index (χ2n) is 2.38. The van der Waals surface area contributed by atoms with Crippen molar-refractivity contribution in [2.45, 2.75) is 19.6 Å². The number of ether oxygens (including phenoxy) is 1. The third-order valence-corrected chi connectivity index (χ3v) is 1.36. The highest BCUT2D eigenvalue weighted by molar-refractivity contribution is 5.93. The zero-order valence-corrected chi connectivity index (χ0v) is 8.07. The van der Waals surface area contributed by atoms with E-state index in [1.54, 1.807) is 6.92 Å². The van der Waals surface area contributed by atoms with Gasteiger partial charge < -0.3 is 9.84 Å². The number of nitrogens with one attached hydrogen (secondary N) is 1. The van der Waals surface area contributed by atoms with Crippen molar-refractivity contribution >= 4 is 11.8 Å². The number of hydroxylamine groups is 1. The number of carboxylic acid groups (broad SMARTS) is 1. The van der Waals surface area contributed by atoms with E-state index in [2.05, 4.69) is 21.6 Å². The molecule has 6 heteroatoms. The molecule has 0 aliphatic rings. The van der Waals surface area contributed by atoms with Crippen LogP contribution in [0.2, 0.25) is 0 Å². The first kappa shape index (κ1) is 12.6. The first-order valence-electron chi connectivity index (χ1n) is 3.92. The lowest BCUT2D eigenvalue weighted by Gasteiger charge is -2.12. The summed E-state index contributed by atoms with van der Waals surface area (Å²) in [6, 6.07) is 0. The van der Waals surface area contributed by atoms with Crippen molar-refractivity contribution in [1.82, 2.24) is 5.48 Å². The van der Waals surface area contributed by atoms with Crippen LogP contribution in [0.25, 0.3) is 0 Å². The predicted molar refractivity (Wildman–Crippen MR) is 47.1 cm³/mol. The number of methoxy groups -OCH3 is 1. The fraction of sp³-hybridized carbons (Fsp3) is 0.500. The fourth-order valence-electron chi connectivity index (χ4n) is 0.594. The third-order valence-electron chi connectivity index (χ3n) is 1.36. The molecule has 2 N–H and O–H groups in total. The molecule has 0 amide bonds. The maximum absolute atomic E-state index is 11.0. The zero-order chi connectivity index (χ0) is 11.1. The van der Waals surface area contributed by atoms with Crippen LogP contribution in [-0.4, -0.2) is 30.3 Å². The molecule has 14 heavy (non-hydrogen) atoms. The van der Waals surface area contributed by atoms with Crippen molar-refractivity contribution in [1.29, 1.82) is 0 Å². The molecule has 0 aromatic rings. The van der Waals surface area contributed by atoms with Gasteiger partial charge in [0.15, 0.2) is 5.78 Å². The van der Waals surface area contributed by atoms with Gasteiger partial charge in [-0.2, -0.15) is 0 Å². The van der Waals surface area contributed by atoms with Gasteiger partial charge in [0.1, 0.15) is 0 Å². The number of hydrogen-bond acceptors (Lipinski definition) is 5. The Labute approximate surface area is 81.5 Å². The molecule has 0 aromatic carbocycles. The molecule has 0 rings (SSSR count). The van der Waals surface area contributed by atoms with Crippen LogP contribution in [0.5, 0.6) is 0 Å². The minimum absolute atomic E-state index is 0.00389. The molecule has 0 aromatic heterocycles. The summed E-state index contributed by atoms with van der Waals surface area (Å²) in [6.45, 7) is 5.01. The topological polar surface area (TPSA) is 84.9 Å². The summed E-state index contributed by atoms with van der Waals surface area (Å²) >= 11 is 0. The second-order valence-corrected chi connectivity index (χ2v) is 2.38. The van der Waals surface area contributed by atoms with Crippen molar-refractivity contribution in [2.75, 3.05) is 7.11 Å². The van der Waals surface area contributed by atoms with E-state index >= 15 is 0 Å². The van der Waals surface area contributed by atoms with Crippen LogP contribution in [0.15, 0.2) is 12.3 Å². The van der Waals surface area contributed by atoms with E-state index in [-0.39, 0.29) is 17.9 Å². The van der Waals surface area contributed by atoms with Crippen LogP contribution in [0, 0.1) is 0 Å². The summed E-state index contributed by atoms with van der Waals surface area (Å²) < 4.78 is 4.44. The van der Waals surface area contributed by atoms with E-state index < -0.39 is 12.3 Å². The van der Waals surface area contributed by atoms with Crippen molar-refractivity contribution in [3.63, 3.8) is 0 Å². The number of carboxylic acids is 1. The van der Waals surface area contributed by atoms with Gasteiger partial charge in [-0.15, -0.1) is 0 Å². The number of carbonyl (C=O) groups is 2. The maximum Gasteiger partial charge on any atom is 0.363 e. The summed E-state index contributed by atoms with van der Waals surface area (Å²) in [5.41, 5.74) is 2.11. The monoisotopic (exact) mass is 203 g/mol. The highest BCUT2D eigenvalue weighted by Gasteiger charge is 2.18. The van der Waals surface area contributed by atoms with Gasteiger partial charge in [0.25, 0.3) is 6.29 Å². The fourth-order valence-corrected chi connectivity index (χ4v) is 0.594. The van der Waals surface area contributed by atoms with Gasteiger partial charge in [0, 0.05) is 13.5 Å². The SMILES string of the molecule is C=C(NOC(OC)C(=O)O)C(=O)CC. The molecule has 0 radical (unpaired) electrons. The van der Waals surface area contributed by atoms with Gasteiger partial charge >= 0.3 is 5.97 Å². The van der Waals surface area contributed by atoms with Gasteiger partial charge in [-0.3, -0.25) is 10.3 Å². The molecule has 1 atom stereocenters. The Bertz CT molecular complexity index is 238. The molecule has 0 saturated heterocycles. The Kier molecular flexibility index (Phi) is 5.50. The standard InChI is InChI=1S/C8H13NO5/c1-4-6(10)5(2)9-14-8(13-3)7(11)12/h8-9H,2,4H2,1,3H3,(H,11,12). The van der Waals surface area contributed by atoms with Crippen molar-refractivity contribution < 1.29 is 24.3 Å². The minimum atomic E-state index is -1.46. The first-order valence-corrected chi connectivity index (χ1v) is 3.92. The van der Waals surface area contributed by atoms with Crippen LogP contribution in [0.3, 0.4) is 0 Å². The minimum Gasteiger partial charge on any atom is -0.477 e. The number of carbonyl (C=O) groups excluding carboxylic acids is 1. The molecule has 0 heterocycles. The summed E-state index contributed by atoms with van der Waals surface area (Å²) in [5.74, 6) is -1.55. The van der Waals surface area contributed by atoms with Crippen LogP contribution in [0.1, 0.15) is 13.3 Å². The lowest BCUT2D eigenvalue weighted by atomic mass is 10.3. The molecule has 1 unspecified atom stereocenters. The largest absolute Gasteiger partial charge is 0.477 e. The van der Waals surface area contributed by atoms with Crippen LogP contribution < -0.4 is 5.48 Å². The number of hydrogen-bond donors (Lipinski definition) is 2. The van der Waals surface area contributed by atoms with Gasteiger partial charge in [-0.1, -0.05) is 13.5 Å². The average molecular weight is 203 g/mol. The quantitative estimate of drug-likeness (QED) is 0.345. The zero-order valence-electron chi connectivity index (χ0n) is 8.07. The van der Waals surface area contributed by atoms with Gasteiger partial charge in [-0.05, 0) is 0 Å². The summed E-state index contributed by atoms with van der Waals surface area (Å²) in [4.78, 5) is 25.9. The van der Waals surface area contributed by atoms with E-state index in [9.17, 15) is 9.59 Å². The van der Waals surface area contributed by atoms with Crippen molar-refractivity contribution in [3.05, 3.63) is 12.3 Å². The summed E-state index contributed by atoms with van der Waals surface area (Å²) in [7, 11) is 1.17. The molecular weight excluding hydrogens is 190 g/mol. The Morgan fingerprint density at radius 2 is 2.14 bits per heavy atom. The predicted octanol–water partition coefficient (Wildman–Crippen LogP) is 0.0575. The summed E-state index contributed by atoms with van der Waals surface area (Å²) in [6.07, 6.45) is -1.20. The van der Waals surface area contributed by atoms with E-state index in [4.69, 9.17) is 5.11 Å². The Morgan fingerprint density at radius 1 is 1.57 bits per heavy atom. The average Bonchev–Trinajstić information content (AvgIpc) is 2.16. The van der Waals surface area contributed by atoms with Gasteiger partial charge in [0.05, 0.1) is 5.70 Å².